The minimum atomic E-state index is -0.0258. The summed E-state index contributed by atoms with van der Waals surface area (Å²) in [6, 6.07) is 15.2. The molecule has 0 bridgehead atoms. The molecule has 0 radical (unpaired) electrons. The predicted octanol–water partition coefficient (Wildman–Crippen LogP) is 3.76. The fourth-order valence-electron chi connectivity index (χ4n) is 2.49. The summed E-state index contributed by atoms with van der Waals surface area (Å²) in [6.45, 7) is 4.19. The van der Waals surface area contributed by atoms with Gasteiger partial charge in [-0.15, -0.1) is 12.4 Å². The number of rotatable bonds is 6. The van der Waals surface area contributed by atoms with Crippen molar-refractivity contribution in [2.75, 3.05) is 12.8 Å². The van der Waals surface area contributed by atoms with Crippen molar-refractivity contribution in [2.24, 2.45) is 5.92 Å². The number of ether oxygens (including phenoxy) is 1. The Labute approximate surface area is 149 Å². The first-order valence-corrected chi connectivity index (χ1v) is 7.77. The SMILES string of the molecule is COc1ccc(C(NC(=O)Cc2ccc(N)cc2)C(C)C)cc1.Cl. The van der Waals surface area contributed by atoms with E-state index in [1.807, 2.05) is 48.5 Å². The van der Waals surface area contributed by atoms with Crippen molar-refractivity contribution in [3.8, 4) is 5.75 Å². The van der Waals surface area contributed by atoms with Gasteiger partial charge in [0.15, 0.2) is 0 Å². The number of amides is 1. The Morgan fingerprint density at radius 3 is 2.17 bits per heavy atom. The second kappa shape index (κ2) is 9.18. The summed E-state index contributed by atoms with van der Waals surface area (Å²) in [5.74, 6) is 1.10. The summed E-state index contributed by atoms with van der Waals surface area (Å²) in [7, 11) is 1.64. The molecule has 0 aliphatic heterocycles. The first-order chi connectivity index (χ1) is 11.0. The average Bonchev–Trinajstić information content (AvgIpc) is 2.55. The molecule has 2 rings (SSSR count). The zero-order valence-electron chi connectivity index (χ0n) is 14.3. The third-order valence-electron chi connectivity index (χ3n) is 3.80. The molecule has 3 N–H and O–H groups in total. The quantitative estimate of drug-likeness (QED) is 0.781. The molecule has 0 saturated heterocycles. The van der Waals surface area contributed by atoms with Crippen molar-refractivity contribution in [3.05, 3.63) is 59.7 Å². The number of hydrogen-bond donors (Lipinski definition) is 2. The molecule has 130 valence electrons. The van der Waals surface area contributed by atoms with Crippen LogP contribution in [0.3, 0.4) is 0 Å². The zero-order valence-corrected chi connectivity index (χ0v) is 15.1. The van der Waals surface area contributed by atoms with E-state index in [4.69, 9.17) is 10.5 Å². The van der Waals surface area contributed by atoms with Crippen LogP contribution in [0.15, 0.2) is 48.5 Å². The van der Waals surface area contributed by atoms with Crippen molar-refractivity contribution < 1.29 is 9.53 Å². The predicted molar refractivity (Wildman–Crippen MR) is 101 cm³/mol. The number of anilines is 1. The number of nitrogen functional groups attached to an aromatic ring is 1. The van der Waals surface area contributed by atoms with Crippen LogP contribution in [0.25, 0.3) is 0 Å². The molecule has 0 spiro atoms. The number of carbonyl (C=O) groups is 1. The van der Waals surface area contributed by atoms with Crippen molar-refractivity contribution in [1.29, 1.82) is 0 Å². The van der Waals surface area contributed by atoms with E-state index in [0.717, 1.165) is 16.9 Å². The van der Waals surface area contributed by atoms with Gasteiger partial charge in [-0.1, -0.05) is 38.1 Å². The van der Waals surface area contributed by atoms with E-state index >= 15 is 0 Å². The monoisotopic (exact) mass is 348 g/mol. The molecule has 0 fully saturated rings. The Hall–Kier alpha value is -2.20. The Balaban J connectivity index is 0.00000288. The summed E-state index contributed by atoms with van der Waals surface area (Å²) in [5, 5.41) is 3.12. The van der Waals surface area contributed by atoms with E-state index in [9.17, 15) is 4.79 Å². The van der Waals surface area contributed by atoms with E-state index < -0.39 is 0 Å². The van der Waals surface area contributed by atoms with Gasteiger partial charge in [0.1, 0.15) is 5.75 Å². The zero-order chi connectivity index (χ0) is 16.8. The molecule has 1 unspecified atom stereocenters. The van der Waals surface area contributed by atoms with Gasteiger partial charge >= 0.3 is 0 Å². The molecule has 0 saturated carbocycles. The second-order valence-corrected chi connectivity index (χ2v) is 5.98. The lowest BCUT2D eigenvalue weighted by molar-refractivity contribution is -0.121. The summed E-state index contributed by atoms with van der Waals surface area (Å²) in [6.07, 6.45) is 0.347. The molecule has 2 aromatic rings. The van der Waals surface area contributed by atoms with Gasteiger partial charge in [-0.2, -0.15) is 0 Å². The fraction of sp³-hybridized carbons (Fsp3) is 0.316. The summed E-state index contributed by atoms with van der Waals surface area (Å²) >= 11 is 0. The molecular weight excluding hydrogens is 324 g/mol. The van der Waals surface area contributed by atoms with Crippen LogP contribution < -0.4 is 15.8 Å². The van der Waals surface area contributed by atoms with Gasteiger partial charge in [-0.3, -0.25) is 4.79 Å². The first-order valence-electron chi connectivity index (χ1n) is 7.77. The highest BCUT2D eigenvalue weighted by Gasteiger charge is 2.18. The Morgan fingerprint density at radius 2 is 1.67 bits per heavy atom. The Morgan fingerprint density at radius 1 is 1.08 bits per heavy atom. The highest BCUT2D eigenvalue weighted by molar-refractivity contribution is 5.85. The van der Waals surface area contributed by atoms with Crippen LogP contribution in [-0.4, -0.2) is 13.0 Å². The van der Waals surface area contributed by atoms with E-state index in [-0.39, 0.29) is 24.4 Å². The minimum absolute atomic E-state index is 0. The topological polar surface area (TPSA) is 64.3 Å². The van der Waals surface area contributed by atoms with Gasteiger partial charge in [-0.25, -0.2) is 0 Å². The van der Waals surface area contributed by atoms with Crippen LogP contribution >= 0.6 is 12.4 Å². The first kappa shape index (κ1) is 19.8. The van der Waals surface area contributed by atoms with E-state index in [0.29, 0.717) is 18.0 Å². The fourth-order valence-corrected chi connectivity index (χ4v) is 2.49. The van der Waals surface area contributed by atoms with Gasteiger partial charge in [0.25, 0.3) is 0 Å². The molecule has 0 aliphatic rings. The van der Waals surface area contributed by atoms with Crippen molar-refractivity contribution >= 4 is 24.0 Å². The largest absolute Gasteiger partial charge is 0.497 e. The third-order valence-corrected chi connectivity index (χ3v) is 3.80. The van der Waals surface area contributed by atoms with Gasteiger partial charge < -0.3 is 15.8 Å². The number of carbonyl (C=O) groups excluding carboxylic acids is 1. The Kier molecular flexibility index (Phi) is 7.59. The molecular formula is C19H25ClN2O2. The van der Waals surface area contributed by atoms with Crippen molar-refractivity contribution in [3.63, 3.8) is 0 Å². The summed E-state index contributed by atoms with van der Waals surface area (Å²) in [5.41, 5.74) is 8.40. The van der Waals surface area contributed by atoms with Gasteiger partial charge in [0.2, 0.25) is 5.91 Å². The van der Waals surface area contributed by atoms with Gasteiger partial charge in [0.05, 0.1) is 19.6 Å². The summed E-state index contributed by atoms with van der Waals surface area (Å²) < 4.78 is 5.18. The number of methoxy groups -OCH3 is 1. The lowest BCUT2D eigenvalue weighted by atomic mass is 9.95. The molecule has 1 atom stereocenters. The third kappa shape index (κ3) is 5.46. The molecule has 4 nitrogen and oxygen atoms in total. The number of nitrogens with one attached hydrogen (secondary N) is 1. The lowest BCUT2D eigenvalue weighted by Gasteiger charge is -2.23. The van der Waals surface area contributed by atoms with Gasteiger partial charge in [-0.05, 0) is 41.3 Å². The minimum Gasteiger partial charge on any atom is -0.497 e. The van der Waals surface area contributed by atoms with Crippen LogP contribution in [0.4, 0.5) is 5.69 Å². The van der Waals surface area contributed by atoms with E-state index in [1.165, 1.54) is 0 Å². The molecule has 0 aromatic heterocycles. The summed E-state index contributed by atoms with van der Waals surface area (Å²) in [4.78, 5) is 12.3. The smallest absolute Gasteiger partial charge is 0.224 e. The number of hydrogen-bond acceptors (Lipinski definition) is 3. The van der Waals surface area contributed by atoms with Crippen LogP contribution in [0.5, 0.6) is 5.75 Å². The van der Waals surface area contributed by atoms with E-state index in [2.05, 4.69) is 19.2 Å². The Bertz CT molecular complexity index is 639. The van der Waals surface area contributed by atoms with Crippen LogP contribution in [-0.2, 0) is 11.2 Å². The maximum Gasteiger partial charge on any atom is 0.224 e. The molecule has 0 aliphatic carbocycles. The lowest BCUT2D eigenvalue weighted by Crippen LogP contribution is -2.32. The maximum atomic E-state index is 12.3. The number of halogens is 1. The molecule has 24 heavy (non-hydrogen) atoms. The standard InChI is InChI=1S/C19H24N2O2.ClH/c1-13(2)19(15-6-10-17(23-3)11-7-15)21-18(22)12-14-4-8-16(20)9-5-14;/h4-11,13,19H,12,20H2,1-3H3,(H,21,22);1H. The molecule has 0 heterocycles. The highest BCUT2D eigenvalue weighted by Crippen LogP contribution is 2.24. The second-order valence-electron chi connectivity index (χ2n) is 5.98. The van der Waals surface area contributed by atoms with Crippen LogP contribution in [0.2, 0.25) is 0 Å². The van der Waals surface area contributed by atoms with Crippen molar-refractivity contribution in [2.45, 2.75) is 26.3 Å². The molecule has 1 amide bonds. The molecule has 5 heteroatoms. The van der Waals surface area contributed by atoms with E-state index in [1.54, 1.807) is 7.11 Å². The van der Waals surface area contributed by atoms with Crippen molar-refractivity contribution in [1.82, 2.24) is 5.32 Å². The maximum absolute atomic E-state index is 12.3. The highest BCUT2D eigenvalue weighted by atomic mass is 35.5. The van der Waals surface area contributed by atoms with Crippen LogP contribution in [0.1, 0.15) is 31.0 Å². The normalized spacial score (nSPS) is 11.5. The van der Waals surface area contributed by atoms with Crippen LogP contribution in [0, 0.1) is 5.92 Å². The number of nitrogens with two attached hydrogens (primary N) is 1. The van der Waals surface area contributed by atoms with Gasteiger partial charge in [0, 0.05) is 5.69 Å². The molecule has 2 aromatic carbocycles. The average molecular weight is 349 g/mol. The number of benzene rings is 2.